The zero-order valence-electron chi connectivity index (χ0n) is 13.3. The van der Waals surface area contributed by atoms with Crippen molar-refractivity contribution >= 4 is 34.5 Å². The molecule has 2 aromatic heterocycles. The number of hydrogen-bond acceptors (Lipinski definition) is 4. The van der Waals surface area contributed by atoms with Gasteiger partial charge in [0.2, 0.25) is 0 Å². The van der Waals surface area contributed by atoms with Crippen molar-refractivity contribution < 1.29 is 0 Å². The minimum atomic E-state index is -0.0553. The number of H-pyrrole nitrogens is 1. The van der Waals surface area contributed by atoms with Crippen molar-refractivity contribution in [3.05, 3.63) is 72.9 Å². The van der Waals surface area contributed by atoms with E-state index in [2.05, 4.69) is 14.9 Å². The Morgan fingerprint density at radius 2 is 2.16 bits per heavy atom. The Hall–Kier alpha value is -1.66. The summed E-state index contributed by atoms with van der Waals surface area (Å²) >= 11 is 13.8. The quantitative estimate of drug-likeness (QED) is 0.721. The molecule has 0 radical (unpaired) electrons. The van der Waals surface area contributed by atoms with Gasteiger partial charge in [0.25, 0.3) is 5.56 Å². The number of rotatable bonds is 3. The van der Waals surface area contributed by atoms with Crippen LogP contribution in [0.4, 0.5) is 0 Å². The van der Waals surface area contributed by atoms with E-state index in [4.69, 9.17) is 23.2 Å². The molecular weight excluding hydrogens is 377 g/mol. The molecular formula is C18H15Cl2N3OS. The number of nitrogens with zero attached hydrogens (tertiary/aromatic N) is 2. The highest BCUT2D eigenvalue weighted by molar-refractivity contribution is 7.13. The molecule has 0 amide bonds. The van der Waals surface area contributed by atoms with Crippen molar-refractivity contribution in [1.29, 1.82) is 0 Å². The fourth-order valence-corrected chi connectivity index (χ4v) is 4.17. The van der Waals surface area contributed by atoms with Gasteiger partial charge in [-0.3, -0.25) is 9.69 Å². The Labute approximate surface area is 159 Å². The molecule has 3 aromatic rings. The summed E-state index contributed by atoms with van der Waals surface area (Å²) in [6.07, 6.45) is 0.753. The second kappa shape index (κ2) is 6.92. The third-order valence-electron chi connectivity index (χ3n) is 4.31. The number of hydrogen-bond donors (Lipinski definition) is 1. The number of thiophene rings is 1. The van der Waals surface area contributed by atoms with Crippen molar-refractivity contribution in [3.63, 3.8) is 0 Å². The molecule has 1 aromatic carbocycles. The standard InChI is InChI=1S/C18H15Cl2N3OS/c19-12-4-3-11(14(20)8-12)9-23-6-5-15-13(10-23)18(24)22-17(21-15)16-2-1-7-25-16/h1-4,7-8H,5-6,9-10H2,(H,21,22,24). The molecule has 7 heteroatoms. The number of halogens is 2. The normalized spacial score (nSPS) is 14.5. The maximum Gasteiger partial charge on any atom is 0.255 e. The van der Waals surface area contributed by atoms with Gasteiger partial charge in [0.1, 0.15) is 0 Å². The van der Waals surface area contributed by atoms with Crippen LogP contribution in [0.15, 0.2) is 40.5 Å². The van der Waals surface area contributed by atoms with Crippen LogP contribution < -0.4 is 5.56 Å². The largest absolute Gasteiger partial charge is 0.306 e. The third-order valence-corrected chi connectivity index (χ3v) is 5.77. The zero-order valence-corrected chi connectivity index (χ0v) is 15.6. The first-order valence-corrected chi connectivity index (χ1v) is 9.56. The van der Waals surface area contributed by atoms with E-state index < -0.39 is 0 Å². The molecule has 0 atom stereocenters. The van der Waals surface area contributed by atoms with E-state index in [0.717, 1.165) is 34.7 Å². The Kier molecular flexibility index (Phi) is 4.65. The molecule has 128 valence electrons. The molecule has 4 nitrogen and oxygen atoms in total. The summed E-state index contributed by atoms with van der Waals surface area (Å²) in [6, 6.07) is 9.44. The predicted octanol–water partition coefficient (Wildman–Crippen LogP) is 4.36. The van der Waals surface area contributed by atoms with Crippen molar-refractivity contribution in [2.75, 3.05) is 6.54 Å². The molecule has 1 N–H and O–H groups in total. The Morgan fingerprint density at radius 3 is 2.92 bits per heavy atom. The van der Waals surface area contributed by atoms with Crippen LogP contribution >= 0.6 is 34.5 Å². The lowest BCUT2D eigenvalue weighted by Gasteiger charge is -2.28. The first kappa shape index (κ1) is 16.8. The summed E-state index contributed by atoms with van der Waals surface area (Å²) in [5.41, 5.74) is 2.59. The molecule has 1 aliphatic rings. The van der Waals surface area contributed by atoms with Crippen LogP contribution in [0.3, 0.4) is 0 Å². The van der Waals surface area contributed by atoms with Crippen LogP contribution in [-0.2, 0) is 19.5 Å². The molecule has 0 bridgehead atoms. The highest BCUT2D eigenvalue weighted by atomic mass is 35.5. The number of benzene rings is 1. The van der Waals surface area contributed by atoms with Gasteiger partial charge in [-0.2, -0.15) is 0 Å². The minimum Gasteiger partial charge on any atom is -0.306 e. The Bertz CT molecular complexity index is 969. The first-order valence-electron chi connectivity index (χ1n) is 7.92. The number of aromatic nitrogens is 2. The maximum absolute atomic E-state index is 12.5. The van der Waals surface area contributed by atoms with Crippen LogP contribution in [0.2, 0.25) is 10.0 Å². The molecule has 0 aliphatic carbocycles. The fraction of sp³-hybridized carbons (Fsp3) is 0.222. The molecule has 0 spiro atoms. The average molecular weight is 392 g/mol. The minimum absolute atomic E-state index is 0.0553. The summed E-state index contributed by atoms with van der Waals surface area (Å²) in [7, 11) is 0. The van der Waals surface area contributed by atoms with Crippen molar-refractivity contribution in [2.45, 2.75) is 19.5 Å². The monoisotopic (exact) mass is 391 g/mol. The molecule has 1 aliphatic heterocycles. The Balaban J connectivity index is 1.58. The fourth-order valence-electron chi connectivity index (χ4n) is 3.04. The van der Waals surface area contributed by atoms with Gasteiger partial charge in [-0.1, -0.05) is 35.3 Å². The van der Waals surface area contributed by atoms with Crippen LogP contribution in [0.1, 0.15) is 16.8 Å². The SMILES string of the molecule is O=c1[nH]c(-c2cccs2)nc2c1CN(Cc1ccc(Cl)cc1Cl)CC2. The van der Waals surface area contributed by atoms with Gasteiger partial charge in [-0.05, 0) is 29.1 Å². The van der Waals surface area contributed by atoms with Gasteiger partial charge in [0, 0.05) is 36.1 Å². The van der Waals surface area contributed by atoms with Crippen molar-refractivity contribution in [3.8, 4) is 10.7 Å². The van der Waals surface area contributed by atoms with Crippen molar-refractivity contribution in [2.24, 2.45) is 0 Å². The molecule has 0 fully saturated rings. The van der Waals surface area contributed by atoms with Gasteiger partial charge in [0.15, 0.2) is 5.82 Å². The van der Waals surface area contributed by atoms with E-state index in [0.29, 0.717) is 29.0 Å². The summed E-state index contributed by atoms with van der Waals surface area (Å²) in [6.45, 7) is 2.09. The lowest BCUT2D eigenvalue weighted by atomic mass is 10.1. The van der Waals surface area contributed by atoms with Gasteiger partial charge in [0.05, 0.1) is 16.1 Å². The maximum atomic E-state index is 12.5. The number of aromatic amines is 1. The molecule has 0 saturated heterocycles. The Morgan fingerprint density at radius 1 is 1.28 bits per heavy atom. The zero-order chi connectivity index (χ0) is 17.4. The van der Waals surface area contributed by atoms with E-state index in [1.807, 2.05) is 29.6 Å². The highest BCUT2D eigenvalue weighted by Crippen LogP contribution is 2.25. The smallest absolute Gasteiger partial charge is 0.255 e. The number of fused-ring (bicyclic) bond motifs is 1. The van der Waals surface area contributed by atoms with Gasteiger partial charge >= 0.3 is 0 Å². The second-order valence-corrected chi connectivity index (χ2v) is 7.80. The van der Waals surface area contributed by atoms with E-state index in [-0.39, 0.29) is 5.56 Å². The number of nitrogens with one attached hydrogen (secondary N) is 1. The second-order valence-electron chi connectivity index (χ2n) is 6.01. The van der Waals surface area contributed by atoms with Crippen LogP contribution in [0, 0.1) is 0 Å². The summed E-state index contributed by atoms with van der Waals surface area (Å²) < 4.78 is 0. The van der Waals surface area contributed by atoms with Crippen LogP contribution in [0.25, 0.3) is 10.7 Å². The van der Waals surface area contributed by atoms with Crippen LogP contribution in [0.5, 0.6) is 0 Å². The summed E-state index contributed by atoms with van der Waals surface area (Å²) in [4.78, 5) is 23.3. The van der Waals surface area contributed by atoms with Gasteiger partial charge in [-0.15, -0.1) is 11.3 Å². The lowest BCUT2D eigenvalue weighted by molar-refractivity contribution is 0.242. The lowest BCUT2D eigenvalue weighted by Crippen LogP contribution is -2.35. The van der Waals surface area contributed by atoms with E-state index in [9.17, 15) is 4.79 Å². The molecule has 0 unspecified atom stereocenters. The first-order chi connectivity index (χ1) is 12.1. The topological polar surface area (TPSA) is 49.0 Å². The average Bonchev–Trinajstić information content (AvgIpc) is 3.12. The van der Waals surface area contributed by atoms with Crippen molar-refractivity contribution in [1.82, 2.24) is 14.9 Å². The summed E-state index contributed by atoms with van der Waals surface area (Å²) in [5, 5.41) is 3.25. The van der Waals surface area contributed by atoms with E-state index in [1.165, 1.54) is 0 Å². The molecule has 3 heterocycles. The molecule has 25 heavy (non-hydrogen) atoms. The van der Waals surface area contributed by atoms with E-state index >= 15 is 0 Å². The van der Waals surface area contributed by atoms with Gasteiger partial charge < -0.3 is 4.98 Å². The molecule has 4 rings (SSSR count). The van der Waals surface area contributed by atoms with Gasteiger partial charge in [-0.25, -0.2) is 4.98 Å². The predicted molar refractivity (Wildman–Crippen MR) is 102 cm³/mol. The third kappa shape index (κ3) is 3.51. The van der Waals surface area contributed by atoms with Crippen LogP contribution in [-0.4, -0.2) is 21.4 Å². The molecule has 0 saturated carbocycles. The summed E-state index contributed by atoms with van der Waals surface area (Å²) in [5.74, 6) is 0.660. The van der Waals surface area contributed by atoms with E-state index in [1.54, 1.807) is 17.4 Å². The highest BCUT2D eigenvalue weighted by Gasteiger charge is 2.22.